The molecule has 1 aromatic carbocycles. The normalized spacial score (nSPS) is 42.6. The molecule has 3 fully saturated rings. The Morgan fingerprint density at radius 1 is 1.15 bits per heavy atom. The maximum atomic E-state index is 6.25. The summed E-state index contributed by atoms with van der Waals surface area (Å²) in [5, 5.41) is 0. The Morgan fingerprint density at radius 3 is 2.80 bits per heavy atom. The second kappa shape index (κ2) is 4.57. The summed E-state index contributed by atoms with van der Waals surface area (Å²) in [5.41, 5.74) is 1.85. The van der Waals surface area contributed by atoms with Crippen LogP contribution in [0.1, 0.15) is 51.0 Å². The van der Waals surface area contributed by atoms with E-state index >= 15 is 0 Å². The van der Waals surface area contributed by atoms with Crippen LogP contribution in [0, 0.1) is 5.41 Å². The quantitative estimate of drug-likeness (QED) is 0.773. The van der Waals surface area contributed by atoms with E-state index in [1.165, 1.54) is 37.7 Å². The van der Waals surface area contributed by atoms with Crippen LogP contribution in [0.4, 0.5) is 0 Å². The Bertz CT molecular complexity index is 485. The summed E-state index contributed by atoms with van der Waals surface area (Å²) in [6.07, 6.45) is 8.40. The van der Waals surface area contributed by atoms with Gasteiger partial charge in [-0.2, -0.15) is 0 Å². The van der Waals surface area contributed by atoms with E-state index in [9.17, 15) is 0 Å². The Hall–Kier alpha value is -0.860. The summed E-state index contributed by atoms with van der Waals surface area (Å²) in [6.45, 7) is 3.16. The number of hydrogen-bond acceptors (Lipinski definition) is 2. The fourth-order valence-electron chi connectivity index (χ4n) is 4.57. The fraction of sp³-hybridized carbons (Fsp3) is 0.667. The highest BCUT2D eigenvalue weighted by atomic mass is 16.6. The zero-order chi connectivity index (χ0) is 13.6. The summed E-state index contributed by atoms with van der Waals surface area (Å²) >= 11 is 0. The topological polar surface area (TPSA) is 21.8 Å². The van der Waals surface area contributed by atoms with Gasteiger partial charge in [-0.1, -0.05) is 50.1 Å². The van der Waals surface area contributed by atoms with Crippen molar-refractivity contribution < 1.29 is 9.47 Å². The molecule has 0 unspecified atom stereocenters. The first kappa shape index (κ1) is 12.8. The molecule has 2 aliphatic carbocycles. The lowest BCUT2D eigenvalue weighted by Crippen LogP contribution is -2.47. The fourth-order valence-corrected chi connectivity index (χ4v) is 4.57. The first-order valence-corrected chi connectivity index (χ1v) is 8.07. The molecular weight excluding hydrogens is 248 g/mol. The second-order valence-corrected chi connectivity index (χ2v) is 7.07. The minimum absolute atomic E-state index is 0.171. The summed E-state index contributed by atoms with van der Waals surface area (Å²) in [4.78, 5) is 0. The second-order valence-electron chi connectivity index (χ2n) is 7.07. The molecule has 4 atom stereocenters. The standard InChI is InChI=1S/C18H24O2/c1-17-10-5-6-11-18(17)16(20-18)15(9-12-17)19-13-14-7-3-2-4-8-14/h2-4,7-8,15-16H,5-6,9-13H2,1H3/t15-,16-,17-,18-/m0/s1. The minimum Gasteiger partial charge on any atom is -0.371 e. The number of epoxide rings is 1. The van der Waals surface area contributed by atoms with Gasteiger partial charge in [-0.05, 0) is 36.7 Å². The Labute approximate surface area is 121 Å². The Balaban J connectivity index is 1.43. The van der Waals surface area contributed by atoms with Crippen LogP contribution in [0.25, 0.3) is 0 Å². The molecule has 2 saturated carbocycles. The van der Waals surface area contributed by atoms with Crippen LogP contribution in [-0.4, -0.2) is 17.8 Å². The van der Waals surface area contributed by atoms with Crippen molar-refractivity contribution in [3.05, 3.63) is 35.9 Å². The van der Waals surface area contributed by atoms with Gasteiger partial charge in [-0.3, -0.25) is 0 Å². The number of rotatable bonds is 3. The van der Waals surface area contributed by atoms with E-state index in [2.05, 4.69) is 37.3 Å². The van der Waals surface area contributed by atoms with Crippen LogP contribution in [0.2, 0.25) is 0 Å². The molecule has 0 amide bonds. The van der Waals surface area contributed by atoms with Crippen LogP contribution in [-0.2, 0) is 16.1 Å². The molecule has 1 spiro atoms. The third kappa shape index (κ3) is 1.85. The SMILES string of the molecule is C[C@@]12CCCC[C@@]13O[C@H]3[C@@H](OCc1ccccc1)CC2. The van der Waals surface area contributed by atoms with Gasteiger partial charge in [-0.25, -0.2) is 0 Å². The highest BCUT2D eigenvalue weighted by Gasteiger charge is 2.71. The van der Waals surface area contributed by atoms with E-state index in [0.29, 0.717) is 17.6 Å². The number of hydrogen-bond donors (Lipinski definition) is 0. The highest BCUT2D eigenvalue weighted by Crippen LogP contribution is 2.65. The molecule has 2 nitrogen and oxygen atoms in total. The summed E-state index contributed by atoms with van der Waals surface area (Å²) in [6, 6.07) is 10.5. The minimum atomic E-state index is 0.171. The predicted molar refractivity (Wildman–Crippen MR) is 78.4 cm³/mol. The van der Waals surface area contributed by atoms with Crippen LogP contribution < -0.4 is 0 Å². The van der Waals surface area contributed by atoms with Crippen molar-refractivity contribution in [3.63, 3.8) is 0 Å². The van der Waals surface area contributed by atoms with E-state index in [0.717, 1.165) is 13.0 Å². The highest BCUT2D eigenvalue weighted by molar-refractivity contribution is 5.20. The van der Waals surface area contributed by atoms with Gasteiger partial charge in [0.2, 0.25) is 0 Å². The zero-order valence-electron chi connectivity index (χ0n) is 12.3. The van der Waals surface area contributed by atoms with Gasteiger partial charge in [-0.15, -0.1) is 0 Å². The molecule has 2 heteroatoms. The van der Waals surface area contributed by atoms with Crippen molar-refractivity contribution in [2.45, 2.75) is 69.9 Å². The van der Waals surface area contributed by atoms with Gasteiger partial charge in [0.15, 0.2) is 0 Å². The molecular formula is C18H24O2. The number of benzene rings is 1. The van der Waals surface area contributed by atoms with Crippen molar-refractivity contribution >= 4 is 0 Å². The summed E-state index contributed by atoms with van der Waals surface area (Å²) < 4.78 is 12.4. The molecule has 1 saturated heterocycles. The van der Waals surface area contributed by atoms with Crippen LogP contribution in [0.15, 0.2) is 30.3 Å². The smallest absolute Gasteiger partial charge is 0.114 e. The first-order valence-electron chi connectivity index (χ1n) is 8.07. The van der Waals surface area contributed by atoms with Gasteiger partial charge in [0.25, 0.3) is 0 Å². The lowest BCUT2D eigenvalue weighted by atomic mass is 9.59. The van der Waals surface area contributed by atoms with E-state index in [1.807, 2.05) is 0 Å². The van der Waals surface area contributed by atoms with Crippen LogP contribution in [0.5, 0.6) is 0 Å². The monoisotopic (exact) mass is 272 g/mol. The maximum Gasteiger partial charge on any atom is 0.114 e. The third-order valence-electron chi connectivity index (χ3n) is 5.91. The molecule has 108 valence electrons. The van der Waals surface area contributed by atoms with Crippen molar-refractivity contribution in [1.82, 2.24) is 0 Å². The molecule has 0 aromatic heterocycles. The van der Waals surface area contributed by atoms with E-state index in [1.54, 1.807) is 0 Å². The van der Waals surface area contributed by atoms with Gasteiger partial charge < -0.3 is 9.47 Å². The van der Waals surface area contributed by atoms with Crippen molar-refractivity contribution in [2.75, 3.05) is 0 Å². The lowest BCUT2D eigenvalue weighted by Gasteiger charge is -2.44. The number of ether oxygens (including phenoxy) is 2. The van der Waals surface area contributed by atoms with Gasteiger partial charge >= 0.3 is 0 Å². The van der Waals surface area contributed by atoms with Crippen molar-refractivity contribution in [2.24, 2.45) is 5.41 Å². The van der Waals surface area contributed by atoms with E-state index < -0.39 is 0 Å². The molecule has 3 aliphatic rings. The maximum absolute atomic E-state index is 6.25. The Kier molecular flexibility index (Phi) is 2.94. The van der Waals surface area contributed by atoms with E-state index in [-0.39, 0.29) is 5.60 Å². The molecule has 1 heterocycles. The van der Waals surface area contributed by atoms with Crippen molar-refractivity contribution in [1.29, 1.82) is 0 Å². The summed E-state index contributed by atoms with van der Waals surface area (Å²) in [7, 11) is 0. The average molecular weight is 272 g/mol. The molecule has 0 N–H and O–H groups in total. The molecule has 0 bridgehead atoms. The first-order chi connectivity index (χ1) is 9.74. The van der Waals surface area contributed by atoms with Gasteiger partial charge in [0.05, 0.1) is 12.7 Å². The van der Waals surface area contributed by atoms with Gasteiger partial charge in [0, 0.05) is 0 Å². The molecule has 4 rings (SSSR count). The summed E-state index contributed by atoms with van der Waals surface area (Å²) in [5.74, 6) is 0. The Morgan fingerprint density at radius 2 is 1.95 bits per heavy atom. The van der Waals surface area contributed by atoms with Crippen LogP contribution >= 0.6 is 0 Å². The predicted octanol–water partition coefficient (Wildman–Crippen LogP) is 4.08. The largest absolute Gasteiger partial charge is 0.371 e. The average Bonchev–Trinajstić information content (AvgIpc) is 3.21. The zero-order valence-corrected chi connectivity index (χ0v) is 12.3. The molecule has 1 aliphatic heterocycles. The van der Waals surface area contributed by atoms with Gasteiger partial charge in [0.1, 0.15) is 11.7 Å². The van der Waals surface area contributed by atoms with Crippen LogP contribution in [0.3, 0.4) is 0 Å². The molecule has 20 heavy (non-hydrogen) atoms. The van der Waals surface area contributed by atoms with E-state index in [4.69, 9.17) is 9.47 Å². The molecule has 0 radical (unpaired) electrons. The molecule has 1 aromatic rings. The lowest BCUT2D eigenvalue weighted by molar-refractivity contribution is -0.0167. The van der Waals surface area contributed by atoms with Crippen molar-refractivity contribution in [3.8, 4) is 0 Å². The third-order valence-corrected chi connectivity index (χ3v) is 5.91.